The van der Waals surface area contributed by atoms with Crippen LogP contribution < -0.4 is 4.90 Å². The molecule has 184 valence electrons. The highest BCUT2D eigenvalue weighted by atomic mass is 15.2. The lowest BCUT2D eigenvalue weighted by atomic mass is 9.73. The van der Waals surface area contributed by atoms with E-state index in [1.807, 2.05) is 0 Å². The van der Waals surface area contributed by atoms with Gasteiger partial charge in [0, 0.05) is 27.3 Å². The van der Waals surface area contributed by atoms with Crippen LogP contribution in [0.25, 0.3) is 27.5 Å². The van der Waals surface area contributed by atoms with Crippen LogP contribution in [0.15, 0.2) is 109 Å². The molecule has 38 heavy (non-hydrogen) atoms. The number of hydrogen-bond acceptors (Lipinski definition) is 1. The van der Waals surface area contributed by atoms with E-state index in [4.69, 9.17) is 0 Å². The van der Waals surface area contributed by atoms with E-state index in [2.05, 4.69) is 146 Å². The maximum Gasteiger partial charge on any atom is 0.0583 e. The molecule has 0 aliphatic carbocycles. The van der Waals surface area contributed by atoms with Gasteiger partial charge in [-0.1, -0.05) is 100 Å². The Kier molecular flexibility index (Phi) is 4.10. The normalized spacial score (nSPS) is 16.3. The van der Waals surface area contributed by atoms with Crippen molar-refractivity contribution in [3.8, 4) is 5.69 Å². The van der Waals surface area contributed by atoms with E-state index in [9.17, 15) is 0 Å². The van der Waals surface area contributed by atoms with Gasteiger partial charge < -0.3 is 9.47 Å². The Labute approximate surface area is 223 Å². The van der Waals surface area contributed by atoms with Gasteiger partial charge in [-0.2, -0.15) is 0 Å². The minimum Gasteiger partial charge on any atom is -0.310 e. The third-order valence-corrected chi connectivity index (χ3v) is 9.14. The average molecular weight is 491 g/mol. The van der Waals surface area contributed by atoms with E-state index in [0.717, 1.165) is 0 Å². The van der Waals surface area contributed by atoms with Crippen molar-refractivity contribution in [2.24, 2.45) is 0 Å². The molecule has 6 aromatic rings. The smallest absolute Gasteiger partial charge is 0.0583 e. The Morgan fingerprint density at radius 2 is 0.974 bits per heavy atom. The SMILES string of the molecule is CC1(C)c2ccccc2N(c2cc3c4c(c2)c2ccccc2n4-c2ccccc2C3(C)C)c2ccccc21. The molecule has 0 atom stereocenters. The summed E-state index contributed by atoms with van der Waals surface area (Å²) in [6, 6.07) is 40.5. The van der Waals surface area contributed by atoms with Crippen molar-refractivity contribution in [1.29, 1.82) is 0 Å². The lowest BCUT2D eigenvalue weighted by Gasteiger charge is -2.42. The zero-order valence-electron chi connectivity index (χ0n) is 22.3. The number of hydrogen-bond donors (Lipinski definition) is 0. The average Bonchev–Trinajstić information content (AvgIpc) is 3.27. The predicted molar refractivity (Wildman–Crippen MR) is 160 cm³/mol. The summed E-state index contributed by atoms with van der Waals surface area (Å²) in [5.74, 6) is 0. The molecule has 8 rings (SSSR count). The fourth-order valence-corrected chi connectivity index (χ4v) is 7.23. The molecule has 2 heteroatoms. The molecule has 2 nitrogen and oxygen atoms in total. The van der Waals surface area contributed by atoms with Gasteiger partial charge in [-0.3, -0.25) is 0 Å². The predicted octanol–water partition coefficient (Wildman–Crippen LogP) is 9.53. The highest BCUT2D eigenvalue weighted by Crippen LogP contribution is 2.54. The summed E-state index contributed by atoms with van der Waals surface area (Å²) in [5, 5.41) is 2.62. The molecule has 5 aromatic carbocycles. The highest BCUT2D eigenvalue weighted by molar-refractivity contribution is 6.13. The molecule has 0 saturated carbocycles. The molecule has 3 heterocycles. The van der Waals surface area contributed by atoms with E-state index in [0.29, 0.717) is 0 Å². The Morgan fingerprint density at radius 1 is 0.474 bits per heavy atom. The lowest BCUT2D eigenvalue weighted by Crippen LogP contribution is -2.31. The molecule has 2 aliphatic rings. The number of aromatic nitrogens is 1. The van der Waals surface area contributed by atoms with Crippen molar-refractivity contribution in [3.63, 3.8) is 0 Å². The Balaban J connectivity index is 1.52. The molecule has 0 amide bonds. The second-order valence-electron chi connectivity index (χ2n) is 11.9. The number of fused-ring (bicyclic) bond motifs is 7. The summed E-state index contributed by atoms with van der Waals surface area (Å²) >= 11 is 0. The van der Waals surface area contributed by atoms with Crippen molar-refractivity contribution in [1.82, 2.24) is 4.57 Å². The van der Waals surface area contributed by atoms with Crippen LogP contribution in [-0.2, 0) is 10.8 Å². The first-order valence-electron chi connectivity index (χ1n) is 13.6. The van der Waals surface area contributed by atoms with Crippen LogP contribution in [0, 0.1) is 0 Å². The van der Waals surface area contributed by atoms with E-state index in [1.165, 1.54) is 66.8 Å². The van der Waals surface area contributed by atoms with Gasteiger partial charge in [0.2, 0.25) is 0 Å². The van der Waals surface area contributed by atoms with Gasteiger partial charge >= 0.3 is 0 Å². The Bertz CT molecular complexity index is 1890. The number of anilines is 3. The molecule has 1 aromatic heterocycles. The molecular weight excluding hydrogens is 460 g/mol. The van der Waals surface area contributed by atoms with Gasteiger partial charge in [0.1, 0.15) is 0 Å². The van der Waals surface area contributed by atoms with Gasteiger partial charge in [0.05, 0.1) is 28.1 Å². The Hall–Kier alpha value is -4.30. The van der Waals surface area contributed by atoms with E-state index < -0.39 is 0 Å². The molecule has 0 unspecified atom stereocenters. The molecule has 0 spiro atoms. The van der Waals surface area contributed by atoms with E-state index in [-0.39, 0.29) is 10.8 Å². The first-order chi connectivity index (χ1) is 18.4. The monoisotopic (exact) mass is 490 g/mol. The Morgan fingerprint density at radius 3 is 1.63 bits per heavy atom. The van der Waals surface area contributed by atoms with Gasteiger partial charge in [-0.25, -0.2) is 0 Å². The van der Waals surface area contributed by atoms with Crippen LogP contribution in [0.2, 0.25) is 0 Å². The first kappa shape index (κ1) is 21.8. The van der Waals surface area contributed by atoms with Crippen LogP contribution in [0.1, 0.15) is 49.9 Å². The molecule has 0 bridgehead atoms. The van der Waals surface area contributed by atoms with Crippen LogP contribution in [0.3, 0.4) is 0 Å². The summed E-state index contributed by atoms with van der Waals surface area (Å²) in [5.41, 5.74) is 12.9. The topological polar surface area (TPSA) is 8.17 Å². The van der Waals surface area contributed by atoms with Gasteiger partial charge in [-0.05, 0) is 58.7 Å². The van der Waals surface area contributed by atoms with E-state index in [1.54, 1.807) is 0 Å². The largest absolute Gasteiger partial charge is 0.310 e. The molecule has 0 radical (unpaired) electrons. The van der Waals surface area contributed by atoms with Crippen molar-refractivity contribution in [2.75, 3.05) is 4.90 Å². The summed E-state index contributed by atoms with van der Waals surface area (Å²) in [7, 11) is 0. The summed E-state index contributed by atoms with van der Waals surface area (Å²) < 4.78 is 2.49. The second kappa shape index (κ2) is 7.17. The molecule has 0 N–H and O–H groups in total. The summed E-state index contributed by atoms with van der Waals surface area (Å²) in [6.07, 6.45) is 0. The number of rotatable bonds is 1. The zero-order valence-corrected chi connectivity index (χ0v) is 22.3. The lowest BCUT2D eigenvalue weighted by molar-refractivity contribution is 0.627. The standard InChI is InChI=1S/C36H30N2/c1-35(2)26-14-6-10-18-31(26)37(32-19-11-7-15-27(32)35)23-21-25-24-13-5-9-17-30(24)38-33-20-12-8-16-28(33)36(3,4)29(22-23)34(25)38/h5-22H,1-4H3. The zero-order chi connectivity index (χ0) is 25.8. The third-order valence-electron chi connectivity index (χ3n) is 9.14. The van der Waals surface area contributed by atoms with Crippen LogP contribution in [-0.4, -0.2) is 4.57 Å². The molecule has 2 aliphatic heterocycles. The van der Waals surface area contributed by atoms with Crippen molar-refractivity contribution in [2.45, 2.75) is 38.5 Å². The quantitative estimate of drug-likeness (QED) is 0.223. The molecule has 0 saturated heterocycles. The molecular formula is C36H30N2. The number of benzene rings is 5. The first-order valence-corrected chi connectivity index (χ1v) is 13.6. The highest BCUT2D eigenvalue weighted by Gasteiger charge is 2.39. The van der Waals surface area contributed by atoms with Gasteiger partial charge in [-0.15, -0.1) is 0 Å². The van der Waals surface area contributed by atoms with Crippen molar-refractivity contribution < 1.29 is 0 Å². The van der Waals surface area contributed by atoms with Gasteiger partial charge in [0.15, 0.2) is 0 Å². The van der Waals surface area contributed by atoms with Gasteiger partial charge in [0.25, 0.3) is 0 Å². The number of nitrogens with zero attached hydrogens (tertiary/aromatic N) is 2. The van der Waals surface area contributed by atoms with Crippen molar-refractivity contribution in [3.05, 3.63) is 131 Å². The fraction of sp³-hybridized carbons (Fsp3) is 0.167. The summed E-state index contributed by atoms with van der Waals surface area (Å²) in [4.78, 5) is 2.49. The maximum absolute atomic E-state index is 2.49. The number of para-hydroxylation sites is 4. The van der Waals surface area contributed by atoms with Crippen LogP contribution in [0.5, 0.6) is 0 Å². The van der Waals surface area contributed by atoms with Crippen LogP contribution in [0.4, 0.5) is 17.1 Å². The second-order valence-corrected chi connectivity index (χ2v) is 11.9. The third kappa shape index (κ3) is 2.58. The van der Waals surface area contributed by atoms with Crippen LogP contribution >= 0.6 is 0 Å². The maximum atomic E-state index is 2.49. The minimum absolute atomic E-state index is 0.0731. The minimum atomic E-state index is -0.136. The van der Waals surface area contributed by atoms with E-state index >= 15 is 0 Å². The fourth-order valence-electron chi connectivity index (χ4n) is 7.23. The molecule has 0 fully saturated rings. The van der Waals surface area contributed by atoms with Crippen molar-refractivity contribution >= 4 is 38.9 Å². The summed E-state index contributed by atoms with van der Waals surface area (Å²) in [6.45, 7) is 9.46.